The monoisotopic (exact) mass is 1790 g/mol. The van der Waals surface area contributed by atoms with Crippen LogP contribution in [-0.4, -0.2) is 133 Å². The number of hydrazine groups is 2. The van der Waals surface area contributed by atoms with E-state index in [1.165, 1.54) is 19.2 Å². The number of rotatable bonds is 26. The number of carbonyl (C=O) groups is 8. The van der Waals surface area contributed by atoms with E-state index in [-0.39, 0.29) is 59.4 Å². The zero-order chi connectivity index (χ0) is 80.1. The van der Waals surface area contributed by atoms with Gasteiger partial charge < -0.3 is 44.7 Å². The van der Waals surface area contributed by atoms with E-state index in [2.05, 4.69) is 152 Å². The molecule has 2 saturated heterocycles. The number of amides is 5. The van der Waals surface area contributed by atoms with E-state index in [9.17, 15) is 38.4 Å². The highest BCUT2D eigenvalue weighted by Crippen LogP contribution is 2.39. The molecule has 6 rings (SSSR count). The maximum absolute atomic E-state index is 14.3. The van der Waals surface area contributed by atoms with E-state index in [1.54, 1.807) is 41.5 Å². The number of nitrogens with zero attached hydrogens (tertiary/aromatic N) is 2. The molecule has 0 unspecified atom stereocenters. The van der Waals surface area contributed by atoms with Gasteiger partial charge >= 0.3 is 17.9 Å². The number of alkyl halides is 3. The first kappa shape index (κ1) is 93.3. The lowest BCUT2D eigenvalue weighted by atomic mass is 9.91. The first-order valence-electron chi connectivity index (χ1n) is 36.3. The Hall–Kier alpha value is -5.12. The number of nitrogens with two attached hydrogens (primary N) is 1. The zero-order valence-corrected chi connectivity index (χ0v) is 74.3. The molecule has 4 aromatic rings. The van der Waals surface area contributed by atoms with Crippen LogP contribution in [0.1, 0.15) is 172 Å². The lowest BCUT2D eigenvalue weighted by Crippen LogP contribution is -2.61. The number of benzene rings is 4. The Balaban J connectivity index is 0.000000400. The van der Waals surface area contributed by atoms with Crippen molar-refractivity contribution in [3.8, 4) is 11.5 Å². The summed E-state index contributed by atoms with van der Waals surface area (Å²) in [4.78, 5) is 107. The molecule has 6 atom stereocenters. The van der Waals surface area contributed by atoms with Crippen LogP contribution in [0.3, 0.4) is 0 Å². The molecule has 5 amide bonds. The average molecular weight is 1790 g/mol. The van der Waals surface area contributed by atoms with Gasteiger partial charge in [0.2, 0.25) is 38.1 Å². The van der Waals surface area contributed by atoms with Crippen molar-refractivity contribution in [2.75, 3.05) is 19.7 Å². The molecule has 0 bridgehead atoms. The summed E-state index contributed by atoms with van der Waals surface area (Å²) >= 11 is 21.7. The van der Waals surface area contributed by atoms with Gasteiger partial charge in [-0.15, -0.1) is 0 Å². The summed E-state index contributed by atoms with van der Waals surface area (Å²) in [7, 11) is -4.28. The topological polar surface area (TPSA) is 275 Å². The van der Waals surface area contributed by atoms with Gasteiger partial charge in [0.1, 0.15) is 53.5 Å². The number of halogens is 5. The Morgan fingerprint density at radius 2 is 0.934 bits per heavy atom. The molecule has 7 N–H and O–H groups in total. The highest BCUT2D eigenvalue weighted by Gasteiger charge is 2.42. The van der Waals surface area contributed by atoms with Crippen LogP contribution in [-0.2, 0) is 78.5 Å². The Morgan fingerprint density at radius 3 is 1.30 bits per heavy atom. The summed E-state index contributed by atoms with van der Waals surface area (Å²) in [5.74, 6) is -3.95. The molecule has 0 spiro atoms. The van der Waals surface area contributed by atoms with Gasteiger partial charge in [0.15, 0.2) is 0 Å². The van der Waals surface area contributed by atoms with Crippen LogP contribution in [0.5, 0.6) is 11.5 Å². The molecular weight excluding hydrogens is 1670 g/mol. The minimum absolute atomic E-state index is 0.00204. The SMILES string of the molecule is CC(C)[C@H](CC(=O)OC(C)(C)C)C(=O)N[C@@H](Cc1cccc(O[Si](C)(C)C(C)(C)C)c1)C(=O)N1CCC[C@@H](C(=O)NCc2cccc(I)c2)N1.CC(C)[C@H](CC(=O)OC(C)(C)C)C(=O)N[C@@H](Cc1cccc(O[Si](C)(C)C(C)(C)C)c1)C(=O)N1CCC[C@@H](C(=O)OCC(Cl)(Cl)Cl)N1.NCc1cccc(I)c1. The second-order valence-electron chi connectivity index (χ2n) is 32.9. The molecule has 590 valence electrons. The predicted octanol–water partition coefficient (Wildman–Crippen LogP) is 14.8. The van der Waals surface area contributed by atoms with Gasteiger partial charge in [-0.05, 0) is 231 Å². The second-order valence-corrected chi connectivity index (χ2v) is 47.3. The molecule has 0 saturated carbocycles. The molecule has 0 aliphatic carbocycles. The third-order valence-electron chi connectivity index (χ3n) is 18.5. The molecule has 106 heavy (non-hydrogen) atoms. The number of carbonyl (C=O) groups excluding carboxylic acids is 8. The van der Waals surface area contributed by atoms with E-state index in [0.717, 1.165) is 26.0 Å². The number of esters is 3. The van der Waals surface area contributed by atoms with Crippen LogP contribution in [0.4, 0.5) is 0 Å². The predicted molar refractivity (Wildman–Crippen MR) is 442 cm³/mol. The fourth-order valence-corrected chi connectivity index (χ4v) is 14.1. The van der Waals surface area contributed by atoms with Crippen LogP contribution in [0, 0.1) is 30.8 Å². The molecule has 2 fully saturated rings. The summed E-state index contributed by atoms with van der Waals surface area (Å²) in [5.41, 5.74) is 13.9. The Morgan fingerprint density at radius 1 is 0.557 bits per heavy atom. The average Bonchev–Trinajstić information content (AvgIpc) is 0.819. The fourth-order valence-electron chi connectivity index (χ4n) is 10.7. The number of nitrogens with one attached hydrogen (secondary N) is 5. The standard InChI is InChI=1S/C38H57IN4O6Si.C33H52Cl3N3O7Si.C7H8IN/c1-25(2)30(23-33(44)48-37(3,4)5)34(45)41-32(22-26-14-12-17-29(21-26)49-50(9,10)38(6,7)8)36(47)43-19-13-18-31(42-43)35(46)40-24-27-15-11-16-28(39)20-27;1-21(2)24(19-27(40)45-31(3,4)5)28(41)37-26(18-22-13-11-14-23(17-22)46-47(9,10)32(6,7)8)29(42)39-16-12-15-25(38-39)30(43)44-20-33(34,35)36;8-7-3-1-2-6(4-7)5-9/h11-12,14-17,20-21,25,30-32,42H,13,18-19,22-24H2,1-10H3,(H,40,46)(H,41,45);11,13-14,17,21,24-26,38H,12,15-16,18-20H2,1-10H3,(H,37,41);1-4H,5,9H2/t30-,31-,32-;24-,25-,26-;/m00./s1. The van der Waals surface area contributed by atoms with Gasteiger partial charge in [-0.25, -0.2) is 10.9 Å². The lowest BCUT2D eigenvalue weighted by Gasteiger charge is -2.37. The van der Waals surface area contributed by atoms with E-state index in [1.807, 2.05) is 113 Å². The van der Waals surface area contributed by atoms with Gasteiger partial charge in [-0.3, -0.25) is 48.4 Å². The van der Waals surface area contributed by atoms with Gasteiger partial charge in [0, 0.05) is 46.2 Å². The first-order chi connectivity index (χ1) is 48.9. The smallest absolute Gasteiger partial charge is 0.325 e. The molecule has 0 radical (unpaired) electrons. The van der Waals surface area contributed by atoms with Crippen LogP contribution >= 0.6 is 80.0 Å². The number of hydrogen-bond acceptors (Lipinski definition) is 16. The van der Waals surface area contributed by atoms with Gasteiger partial charge in [-0.1, -0.05) is 153 Å². The van der Waals surface area contributed by atoms with Crippen molar-refractivity contribution in [3.63, 3.8) is 0 Å². The minimum atomic E-state index is -2.15. The maximum atomic E-state index is 14.3. The summed E-state index contributed by atoms with van der Waals surface area (Å²) in [5, 5.41) is 11.6. The number of hydrogen-bond donors (Lipinski definition) is 6. The van der Waals surface area contributed by atoms with E-state index < -0.39 is 110 Å². The largest absolute Gasteiger partial charge is 0.543 e. The van der Waals surface area contributed by atoms with Crippen LogP contribution in [0.25, 0.3) is 0 Å². The molecular formula is C78H117Cl3I2N8O13Si2. The van der Waals surface area contributed by atoms with Crippen molar-refractivity contribution < 1.29 is 61.4 Å². The van der Waals surface area contributed by atoms with Crippen molar-refractivity contribution in [1.29, 1.82) is 0 Å². The molecule has 4 aromatic carbocycles. The Labute approximate surface area is 674 Å². The molecule has 2 aliphatic heterocycles. The third kappa shape index (κ3) is 32.8. The van der Waals surface area contributed by atoms with Crippen molar-refractivity contribution in [2.45, 2.75) is 251 Å². The lowest BCUT2D eigenvalue weighted by molar-refractivity contribution is -0.159. The van der Waals surface area contributed by atoms with Crippen molar-refractivity contribution >= 4 is 144 Å². The summed E-state index contributed by atoms with van der Waals surface area (Å²) in [6.07, 6.45) is 2.16. The van der Waals surface area contributed by atoms with Gasteiger partial charge in [-0.2, -0.15) is 0 Å². The van der Waals surface area contributed by atoms with E-state index in [4.69, 9.17) is 63.6 Å². The number of ether oxygens (including phenoxy) is 3. The Bertz CT molecular complexity index is 3590. The van der Waals surface area contributed by atoms with Gasteiger partial charge in [0.05, 0.1) is 24.7 Å². The molecule has 2 heterocycles. The van der Waals surface area contributed by atoms with Crippen molar-refractivity contribution in [1.82, 2.24) is 36.8 Å². The van der Waals surface area contributed by atoms with Crippen molar-refractivity contribution in [3.05, 3.63) is 126 Å². The summed E-state index contributed by atoms with van der Waals surface area (Å²) < 4.78 is 29.7. The second kappa shape index (κ2) is 41.2. The normalized spacial score (nSPS) is 16.5. The molecule has 21 nitrogen and oxygen atoms in total. The Kier molecular flexibility index (Phi) is 36.3. The highest BCUT2D eigenvalue weighted by atomic mass is 127. The molecule has 0 aromatic heterocycles. The van der Waals surface area contributed by atoms with Crippen molar-refractivity contribution in [2.24, 2.45) is 29.4 Å². The summed E-state index contributed by atoms with van der Waals surface area (Å²) in [6.45, 7) is 41.0. The van der Waals surface area contributed by atoms with E-state index in [0.29, 0.717) is 57.6 Å². The molecule has 2 aliphatic rings. The molecule has 28 heteroatoms. The highest BCUT2D eigenvalue weighted by molar-refractivity contribution is 14.1. The van der Waals surface area contributed by atoms with Crippen LogP contribution < -0.4 is 41.4 Å². The quantitative estimate of drug-likeness (QED) is 0.0112. The first-order valence-corrected chi connectivity index (χ1v) is 45.4. The maximum Gasteiger partial charge on any atom is 0.325 e. The third-order valence-corrected chi connectivity index (χ3v) is 28.9. The van der Waals surface area contributed by atoms with Crippen LogP contribution in [0.15, 0.2) is 97.1 Å². The van der Waals surface area contributed by atoms with E-state index >= 15 is 0 Å². The van der Waals surface area contributed by atoms with Crippen LogP contribution in [0.2, 0.25) is 36.3 Å². The minimum Gasteiger partial charge on any atom is -0.543 e. The fraction of sp³-hybridized carbons (Fsp3) is 0.590. The zero-order valence-electron chi connectivity index (χ0n) is 65.7. The summed E-state index contributed by atoms with van der Waals surface area (Å²) in [6, 6.07) is 27.8. The van der Waals surface area contributed by atoms with Gasteiger partial charge in [0.25, 0.3) is 11.8 Å².